The number of guanidine groups is 1. The molecule has 0 radical (unpaired) electrons. The Hall–Kier alpha value is -1.26. The van der Waals surface area contributed by atoms with Crippen LogP contribution in [0.15, 0.2) is 29.3 Å². The third kappa shape index (κ3) is 7.66. The smallest absolute Gasteiger partial charge is 0.192 e. The van der Waals surface area contributed by atoms with Crippen LogP contribution in [0, 0.1) is 18.3 Å². The summed E-state index contributed by atoms with van der Waals surface area (Å²) in [7, 11) is 0. The average Bonchev–Trinajstić information content (AvgIpc) is 2.58. The third-order valence-corrected chi connectivity index (χ3v) is 4.36. The minimum atomic E-state index is 0. The Morgan fingerprint density at radius 3 is 2.76 bits per heavy atom. The van der Waals surface area contributed by atoms with Gasteiger partial charge in [-0.05, 0) is 43.4 Å². The maximum absolute atomic E-state index is 5.32. The highest BCUT2D eigenvalue weighted by Gasteiger charge is 2.17. The van der Waals surface area contributed by atoms with Gasteiger partial charge in [0.25, 0.3) is 0 Å². The highest BCUT2D eigenvalue weighted by atomic mass is 127. The van der Waals surface area contributed by atoms with Gasteiger partial charge in [-0.2, -0.15) is 0 Å². The first-order valence-electron chi connectivity index (χ1n) is 8.97. The van der Waals surface area contributed by atoms with Crippen molar-refractivity contribution < 1.29 is 0 Å². The summed E-state index contributed by atoms with van der Waals surface area (Å²) < 4.78 is 0. The summed E-state index contributed by atoms with van der Waals surface area (Å²) in [6, 6.07) is 8.62. The maximum atomic E-state index is 5.32. The zero-order valence-electron chi connectivity index (χ0n) is 15.4. The number of nitrogens with zero attached hydrogens (tertiary/aromatic N) is 2. The van der Waals surface area contributed by atoms with Crippen LogP contribution in [0.25, 0.3) is 0 Å². The molecule has 0 saturated carbocycles. The van der Waals surface area contributed by atoms with Gasteiger partial charge in [-0.1, -0.05) is 37.1 Å². The van der Waals surface area contributed by atoms with Gasteiger partial charge in [0, 0.05) is 19.6 Å². The predicted molar refractivity (Wildman–Crippen MR) is 117 cm³/mol. The first-order valence-corrected chi connectivity index (χ1v) is 8.97. The summed E-state index contributed by atoms with van der Waals surface area (Å²) in [5, 5.41) is 6.37. The normalized spacial score (nSPS) is 18.1. The monoisotopic (exact) mass is 454 g/mol. The van der Waals surface area contributed by atoms with E-state index in [1.54, 1.807) is 0 Å². The third-order valence-electron chi connectivity index (χ3n) is 4.36. The van der Waals surface area contributed by atoms with Crippen LogP contribution in [0.1, 0.15) is 37.8 Å². The lowest BCUT2D eigenvalue weighted by molar-refractivity contribution is 0.176. The first-order chi connectivity index (χ1) is 11.7. The lowest BCUT2D eigenvalue weighted by Crippen LogP contribution is -2.37. The number of hydrogen-bond acceptors (Lipinski definition) is 2. The first kappa shape index (κ1) is 21.8. The van der Waals surface area contributed by atoms with E-state index in [2.05, 4.69) is 64.6 Å². The van der Waals surface area contributed by atoms with Gasteiger partial charge in [-0.25, -0.2) is 4.99 Å². The van der Waals surface area contributed by atoms with Crippen LogP contribution in [-0.4, -0.2) is 37.0 Å². The zero-order valence-corrected chi connectivity index (χ0v) is 17.8. The van der Waals surface area contributed by atoms with E-state index in [4.69, 9.17) is 6.42 Å². The Morgan fingerprint density at radius 1 is 1.32 bits per heavy atom. The largest absolute Gasteiger partial charge is 0.357 e. The van der Waals surface area contributed by atoms with Crippen LogP contribution in [-0.2, 0) is 13.1 Å². The highest BCUT2D eigenvalue weighted by molar-refractivity contribution is 14.0. The van der Waals surface area contributed by atoms with Crippen molar-refractivity contribution >= 4 is 29.9 Å². The van der Waals surface area contributed by atoms with Gasteiger partial charge in [-0.3, -0.25) is 4.90 Å². The molecule has 1 atom stereocenters. The molecule has 0 spiro atoms. The van der Waals surface area contributed by atoms with Crippen LogP contribution in [0.5, 0.6) is 0 Å². The molecular weight excluding hydrogens is 423 g/mol. The van der Waals surface area contributed by atoms with Gasteiger partial charge in [0.15, 0.2) is 5.96 Å². The maximum Gasteiger partial charge on any atom is 0.192 e. The molecule has 1 aliphatic heterocycles. The van der Waals surface area contributed by atoms with Crippen molar-refractivity contribution in [3.8, 4) is 12.3 Å². The van der Waals surface area contributed by atoms with Crippen LogP contribution in [0.2, 0.25) is 0 Å². The molecule has 1 aromatic carbocycles. The molecule has 1 heterocycles. The second-order valence-electron chi connectivity index (χ2n) is 6.50. The van der Waals surface area contributed by atoms with Gasteiger partial charge in [0.2, 0.25) is 0 Å². The quantitative estimate of drug-likeness (QED) is 0.300. The Labute approximate surface area is 169 Å². The number of aliphatic imine (C=N–C) groups is 1. The highest BCUT2D eigenvalue weighted by Crippen LogP contribution is 2.19. The minimum absolute atomic E-state index is 0. The number of terminal acetylenes is 1. The number of halogens is 1. The van der Waals surface area contributed by atoms with Gasteiger partial charge in [0.05, 0.1) is 13.1 Å². The van der Waals surface area contributed by atoms with E-state index >= 15 is 0 Å². The van der Waals surface area contributed by atoms with Crippen LogP contribution in [0.3, 0.4) is 0 Å². The molecule has 4 nitrogen and oxygen atoms in total. The van der Waals surface area contributed by atoms with Crippen molar-refractivity contribution in [1.82, 2.24) is 15.5 Å². The summed E-state index contributed by atoms with van der Waals surface area (Å²) in [5.41, 5.74) is 2.66. The number of hydrogen-bond donors (Lipinski definition) is 2. The van der Waals surface area contributed by atoms with Crippen LogP contribution < -0.4 is 10.6 Å². The van der Waals surface area contributed by atoms with Gasteiger partial charge in [-0.15, -0.1) is 30.4 Å². The fraction of sp³-hybridized carbons (Fsp3) is 0.550. The van der Waals surface area contributed by atoms with Crippen molar-refractivity contribution in [1.29, 1.82) is 0 Å². The molecule has 0 aromatic heterocycles. The predicted octanol–water partition coefficient (Wildman–Crippen LogP) is 3.22. The molecule has 138 valence electrons. The summed E-state index contributed by atoms with van der Waals surface area (Å²) >= 11 is 0. The molecule has 1 saturated heterocycles. The molecule has 1 aromatic rings. The lowest BCUT2D eigenvalue weighted by atomic mass is 9.99. The Morgan fingerprint density at radius 2 is 2.08 bits per heavy atom. The Kier molecular flexibility index (Phi) is 10.6. The number of benzene rings is 1. The molecule has 0 aliphatic carbocycles. The van der Waals surface area contributed by atoms with Crippen LogP contribution in [0.4, 0.5) is 0 Å². The fourth-order valence-electron chi connectivity index (χ4n) is 3.18. The SMILES string of the molecule is C#CCNC(=NCc1ccccc1CN1CCCC(C)C1)NCC.I. The summed E-state index contributed by atoms with van der Waals surface area (Å²) in [5.74, 6) is 4.16. The molecule has 2 N–H and O–H groups in total. The Balaban J connectivity index is 0.00000312. The van der Waals surface area contributed by atoms with Gasteiger partial charge in [0.1, 0.15) is 0 Å². The number of likely N-dealkylation sites (tertiary alicyclic amines) is 1. The van der Waals surface area contributed by atoms with Crippen molar-refractivity contribution in [2.24, 2.45) is 10.9 Å². The molecule has 1 unspecified atom stereocenters. The summed E-state index contributed by atoms with van der Waals surface area (Å²) in [6.07, 6.45) is 7.98. The van der Waals surface area contributed by atoms with Crippen molar-refractivity contribution in [3.05, 3.63) is 35.4 Å². The number of nitrogens with one attached hydrogen (secondary N) is 2. The standard InChI is InChI=1S/C20H30N4.HI/c1-4-12-22-20(21-5-2)23-14-18-10-6-7-11-19(18)16-24-13-8-9-17(3)15-24;/h1,6-7,10-11,17H,5,8-9,12-16H2,2-3H3,(H2,21,22,23);1H. The molecule has 1 aliphatic rings. The topological polar surface area (TPSA) is 39.7 Å². The summed E-state index contributed by atoms with van der Waals surface area (Å²) in [6.45, 7) is 9.80. The number of piperidine rings is 1. The second-order valence-corrected chi connectivity index (χ2v) is 6.50. The van der Waals surface area contributed by atoms with Gasteiger partial charge >= 0.3 is 0 Å². The van der Waals surface area contributed by atoms with E-state index in [1.165, 1.54) is 37.1 Å². The average molecular weight is 454 g/mol. The second kappa shape index (κ2) is 12.2. The molecule has 5 heteroatoms. The van der Waals surface area contributed by atoms with Crippen LogP contribution >= 0.6 is 24.0 Å². The van der Waals surface area contributed by atoms with E-state index in [9.17, 15) is 0 Å². The molecule has 25 heavy (non-hydrogen) atoms. The molecule has 1 fully saturated rings. The summed E-state index contributed by atoms with van der Waals surface area (Å²) in [4.78, 5) is 7.24. The molecular formula is C20H31IN4. The van der Waals surface area contributed by atoms with E-state index in [-0.39, 0.29) is 24.0 Å². The van der Waals surface area contributed by atoms with E-state index in [0.29, 0.717) is 13.1 Å². The van der Waals surface area contributed by atoms with Crippen molar-refractivity contribution in [2.45, 2.75) is 39.8 Å². The van der Waals surface area contributed by atoms with Gasteiger partial charge < -0.3 is 10.6 Å². The van der Waals surface area contributed by atoms with E-state index in [0.717, 1.165) is 25.0 Å². The Bertz CT molecular complexity index is 579. The minimum Gasteiger partial charge on any atom is -0.357 e. The van der Waals surface area contributed by atoms with Crippen molar-refractivity contribution in [3.63, 3.8) is 0 Å². The zero-order chi connectivity index (χ0) is 17.2. The van der Waals surface area contributed by atoms with E-state index in [1.807, 2.05) is 0 Å². The molecule has 0 amide bonds. The molecule has 2 rings (SSSR count). The lowest BCUT2D eigenvalue weighted by Gasteiger charge is -2.31. The van der Waals surface area contributed by atoms with Crippen molar-refractivity contribution in [2.75, 3.05) is 26.2 Å². The van der Waals surface area contributed by atoms with E-state index < -0.39 is 0 Å². The molecule has 0 bridgehead atoms. The number of rotatable bonds is 6. The fourth-order valence-corrected chi connectivity index (χ4v) is 3.18.